The predicted molar refractivity (Wildman–Crippen MR) is 104 cm³/mol. The van der Waals surface area contributed by atoms with Gasteiger partial charge in [-0.25, -0.2) is 4.98 Å². The minimum absolute atomic E-state index is 0.436. The minimum Gasteiger partial charge on any atom is -0.362 e. The Kier molecular flexibility index (Phi) is 7.66. The van der Waals surface area contributed by atoms with Crippen LogP contribution in [0.15, 0.2) is 36.7 Å². The summed E-state index contributed by atoms with van der Waals surface area (Å²) in [6, 6.07) is 5.46. The molecular weight excluding hydrogens is 367 g/mol. The summed E-state index contributed by atoms with van der Waals surface area (Å²) in [6.07, 6.45) is 2.13. The van der Waals surface area contributed by atoms with Crippen molar-refractivity contribution in [1.82, 2.24) is 14.5 Å². The zero-order chi connectivity index (χ0) is 20.8. The van der Waals surface area contributed by atoms with Crippen LogP contribution in [-0.4, -0.2) is 41.7 Å². The smallest absolute Gasteiger partial charge is 0.362 e. The molecule has 0 radical (unpaired) electrons. The molecule has 0 bridgehead atoms. The number of aryl methyl sites for hydroxylation is 1. The van der Waals surface area contributed by atoms with E-state index in [0.717, 1.165) is 31.9 Å². The van der Waals surface area contributed by atoms with Crippen LogP contribution in [0.1, 0.15) is 49.6 Å². The number of hydrogen-bond donors (Lipinski definition) is 0. The molecular formula is C21H30F3N3O. The van der Waals surface area contributed by atoms with Crippen molar-refractivity contribution >= 4 is 0 Å². The first-order valence-electron chi connectivity index (χ1n) is 9.65. The van der Waals surface area contributed by atoms with E-state index in [-0.39, 0.29) is 0 Å². The normalized spacial score (nSPS) is 14.4. The summed E-state index contributed by atoms with van der Waals surface area (Å²) in [4.78, 5) is 6.53. The second kappa shape index (κ2) is 9.56. The van der Waals surface area contributed by atoms with Gasteiger partial charge in [0.15, 0.2) is 5.60 Å². The summed E-state index contributed by atoms with van der Waals surface area (Å²) < 4.78 is 48.3. The Morgan fingerprint density at radius 3 is 2.43 bits per heavy atom. The van der Waals surface area contributed by atoms with Gasteiger partial charge in [-0.15, -0.1) is 0 Å². The van der Waals surface area contributed by atoms with Crippen molar-refractivity contribution in [3.05, 3.63) is 53.6 Å². The molecule has 0 amide bonds. The minimum atomic E-state index is -4.40. The molecule has 4 nitrogen and oxygen atoms in total. The number of imidazole rings is 1. The van der Waals surface area contributed by atoms with E-state index in [0.29, 0.717) is 24.4 Å². The van der Waals surface area contributed by atoms with Gasteiger partial charge in [-0.1, -0.05) is 31.9 Å². The molecule has 1 aromatic carbocycles. The highest BCUT2D eigenvalue weighted by Gasteiger charge is 2.40. The van der Waals surface area contributed by atoms with E-state index in [1.54, 1.807) is 18.5 Å². The van der Waals surface area contributed by atoms with Crippen LogP contribution in [0.25, 0.3) is 0 Å². The average Bonchev–Trinajstić information content (AvgIpc) is 3.07. The molecule has 2 rings (SSSR count). The van der Waals surface area contributed by atoms with Crippen molar-refractivity contribution in [3.63, 3.8) is 0 Å². The number of rotatable bonds is 10. The average molecular weight is 397 g/mol. The van der Waals surface area contributed by atoms with Gasteiger partial charge in [-0.3, -0.25) is 0 Å². The van der Waals surface area contributed by atoms with Crippen molar-refractivity contribution in [2.24, 2.45) is 7.05 Å². The summed E-state index contributed by atoms with van der Waals surface area (Å²) in [5.74, 6) is 0.630. The highest BCUT2D eigenvalue weighted by molar-refractivity contribution is 5.35. The standard InChI is InChI=1S/C21H30F3N3O/c1-5-6-11-20(19-25-12-14-27(19)4,28-15-8-13-26(2)3)17-9-7-10-18(16-17)21(22,23)24/h7,9-10,12,14,16H,5-6,8,11,13,15H2,1-4H3. The third-order valence-electron chi connectivity index (χ3n) is 4.82. The lowest BCUT2D eigenvalue weighted by molar-refractivity contribution is -0.137. The molecule has 1 unspecified atom stereocenters. The van der Waals surface area contributed by atoms with E-state index in [4.69, 9.17) is 4.74 Å². The largest absolute Gasteiger partial charge is 0.416 e. The van der Waals surface area contributed by atoms with Crippen LogP contribution < -0.4 is 0 Å². The Morgan fingerprint density at radius 2 is 1.86 bits per heavy atom. The Hall–Kier alpha value is -1.86. The molecule has 1 aromatic heterocycles. The van der Waals surface area contributed by atoms with Crippen molar-refractivity contribution < 1.29 is 17.9 Å². The zero-order valence-corrected chi connectivity index (χ0v) is 17.1. The van der Waals surface area contributed by atoms with Crippen molar-refractivity contribution in [3.8, 4) is 0 Å². The van der Waals surface area contributed by atoms with E-state index < -0.39 is 17.3 Å². The van der Waals surface area contributed by atoms with Gasteiger partial charge in [0.1, 0.15) is 5.82 Å². The maximum absolute atomic E-state index is 13.4. The first-order chi connectivity index (χ1) is 13.2. The molecule has 0 aliphatic rings. The van der Waals surface area contributed by atoms with Gasteiger partial charge in [0, 0.05) is 26.0 Å². The number of halogens is 3. The first-order valence-corrected chi connectivity index (χ1v) is 9.65. The van der Waals surface area contributed by atoms with Crippen LogP contribution in [0.5, 0.6) is 0 Å². The summed E-state index contributed by atoms with van der Waals surface area (Å²) in [6.45, 7) is 3.33. The van der Waals surface area contributed by atoms with Crippen LogP contribution in [0, 0.1) is 0 Å². The van der Waals surface area contributed by atoms with Crippen molar-refractivity contribution in [1.29, 1.82) is 0 Å². The van der Waals surface area contributed by atoms with Crippen LogP contribution in [0.4, 0.5) is 13.2 Å². The summed E-state index contributed by atoms with van der Waals surface area (Å²) in [7, 11) is 5.81. The van der Waals surface area contributed by atoms with Crippen molar-refractivity contribution in [2.75, 3.05) is 27.2 Å². The quantitative estimate of drug-likeness (QED) is 0.538. The molecule has 2 aromatic rings. The number of nitrogens with zero attached hydrogens (tertiary/aromatic N) is 3. The molecule has 0 N–H and O–H groups in total. The third-order valence-corrected chi connectivity index (χ3v) is 4.82. The lowest BCUT2D eigenvalue weighted by Gasteiger charge is -2.35. The first kappa shape index (κ1) is 22.4. The molecule has 7 heteroatoms. The highest BCUT2D eigenvalue weighted by atomic mass is 19.4. The fourth-order valence-electron chi connectivity index (χ4n) is 3.36. The predicted octanol–water partition coefficient (Wildman–Crippen LogP) is 4.84. The maximum Gasteiger partial charge on any atom is 0.416 e. The van der Waals surface area contributed by atoms with Gasteiger partial charge in [0.25, 0.3) is 0 Å². The molecule has 0 spiro atoms. The van der Waals surface area contributed by atoms with E-state index in [9.17, 15) is 13.2 Å². The van der Waals surface area contributed by atoms with Crippen LogP contribution >= 0.6 is 0 Å². The molecule has 0 saturated heterocycles. The molecule has 0 aliphatic carbocycles. The van der Waals surface area contributed by atoms with Gasteiger partial charge in [0.05, 0.1) is 5.56 Å². The van der Waals surface area contributed by atoms with Gasteiger partial charge >= 0.3 is 6.18 Å². The molecule has 0 fully saturated rings. The Balaban J connectivity index is 2.51. The molecule has 28 heavy (non-hydrogen) atoms. The molecule has 0 aliphatic heterocycles. The van der Waals surface area contributed by atoms with Gasteiger partial charge in [0.2, 0.25) is 0 Å². The fourth-order valence-corrected chi connectivity index (χ4v) is 3.36. The van der Waals surface area contributed by atoms with Gasteiger partial charge in [-0.2, -0.15) is 13.2 Å². The number of benzene rings is 1. The lowest BCUT2D eigenvalue weighted by Crippen LogP contribution is -2.35. The van der Waals surface area contributed by atoms with Crippen molar-refractivity contribution in [2.45, 2.75) is 44.4 Å². The number of hydrogen-bond acceptors (Lipinski definition) is 3. The number of aromatic nitrogens is 2. The summed E-state index contributed by atoms with van der Waals surface area (Å²) in [5, 5.41) is 0. The monoisotopic (exact) mass is 397 g/mol. The molecule has 1 atom stereocenters. The summed E-state index contributed by atoms with van der Waals surface area (Å²) in [5.41, 5.74) is -1.19. The van der Waals surface area contributed by atoms with E-state index in [1.165, 1.54) is 12.1 Å². The van der Waals surface area contributed by atoms with Crippen LogP contribution in [-0.2, 0) is 23.6 Å². The Labute approximate surface area is 165 Å². The third kappa shape index (κ3) is 5.35. The van der Waals surface area contributed by atoms with Gasteiger partial charge in [-0.05, 0) is 51.2 Å². The van der Waals surface area contributed by atoms with Crippen LogP contribution in [0.2, 0.25) is 0 Å². The maximum atomic E-state index is 13.4. The number of alkyl halides is 3. The SMILES string of the molecule is CCCCC(OCCCN(C)C)(c1cccc(C(F)(F)F)c1)c1nccn1C. The highest BCUT2D eigenvalue weighted by Crippen LogP contribution is 2.40. The van der Waals surface area contributed by atoms with E-state index >= 15 is 0 Å². The Bertz CT molecular complexity index is 742. The zero-order valence-electron chi connectivity index (χ0n) is 17.1. The van der Waals surface area contributed by atoms with E-state index in [2.05, 4.69) is 16.8 Å². The second-order valence-electron chi connectivity index (χ2n) is 7.38. The molecule has 1 heterocycles. The number of unbranched alkanes of at least 4 members (excludes halogenated alkanes) is 1. The Morgan fingerprint density at radius 1 is 1.14 bits per heavy atom. The topological polar surface area (TPSA) is 30.3 Å². The van der Waals surface area contributed by atoms with Crippen LogP contribution in [0.3, 0.4) is 0 Å². The molecule has 0 saturated carbocycles. The van der Waals surface area contributed by atoms with Gasteiger partial charge < -0.3 is 14.2 Å². The summed E-state index contributed by atoms with van der Waals surface area (Å²) >= 11 is 0. The fraction of sp³-hybridized carbons (Fsp3) is 0.571. The lowest BCUT2D eigenvalue weighted by atomic mass is 9.86. The number of ether oxygens (including phenoxy) is 1. The molecule has 156 valence electrons. The van der Waals surface area contributed by atoms with E-state index in [1.807, 2.05) is 25.7 Å². The second-order valence-corrected chi connectivity index (χ2v) is 7.38.